The van der Waals surface area contributed by atoms with Crippen LogP contribution in [0.3, 0.4) is 0 Å². The first-order valence-corrected chi connectivity index (χ1v) is 8.33. The number of carbonyl (C=O) groups excluding carboxylic acids is 1. The lowest BCUT2D eigenvalue weighted by molar-refractivity contribution is -0.133. The first-order valence-electron chi connectivity index (χ1n) is 8.33. The number of nitrogens with zero attached hydrogens (tertiary/aromatic N) is 4. The molecule has 0 unspecified atom stereocenters. The Hall–Kier alpha value is -2.83. The summed E-state index contributed by atoms with van der Waals surface area (Å²) in [6, 6.07) is 9.38. The van der Waals surface area contributed by atoms with Crippen LogP contribution in [0.1, 0.15) is 6.42 Å². The van der Waals surface area contributed by atoms with Crippen molar-refractivity contribution in [3.05, 3.63) is 42.7 Å². The molecule has 1 fully saturated rings. The van der Waals surface area contributed by atoms with Gasteiger partial charge >= 0.3 is 0 Å². The maximum atomic E-state index is 12.4. The largest absolute Gasteiger partial charge is 0.484 e. The smallest absolute Gasteiger partial charge is 0.260 e. The Labute approximate surface area is 147 Å². The molecule has 1 aliphatic rings. The molecular formula is C18H22N4O3. The number of rotatable bonds is 5. The highest BCUT2D eigenvalue weighted by atomic mass is 16.5. The molecule has 2 aromatic rings. The van der Waals surface area contributed by atoms with Gasteiger partial charge in [0.15, 0.2) is 12.4 Å². The van der Waals surface area contributed by atoms with Gasteiger partial charge in [-0.3, -0.25) is 4.79 Å². The summed E-state index contributed by atoms with van der Waals surface area (Å²) in [5.41, 5.74) is 0. The number of hydrogen-bond donors (Lipinski definition) is 0. The van der Waals surface area contributed by atoms with E-state index in [0.29, 0.717) is 31.3 Å². The fourth-order valence-electron chi connectivity index (χ4n) is 2.81. The molecule has 3 rings (SSSR count). The molecule has 1 saturated heterocycles. The van der Waals surface area contributed by atoms with Crippen LogP contribution in [0.4, 0.5) is 5.82 Å². The van der Waals surface area contributed by atoms with Crippen LogP contribution in [-0.4, -0.2) is 60.7 Å². The van der Waals surface area contributed by atoms with Crippen molar-refractivity contribution >= 4 is 11.7 Å². The summed E-state index contributed by atoms with van der Waals surface area (Å²) >= 11 is 0. The molecule has 0 saturated carbocycles. The van der Waals surface area contributed by atoms with Gasteiger partial charge in [-0.25, -0.2) is 9.97 Å². The zero-order chi connectivity index (χ0) is 17.5. The molecule has 1 amide bonds. The molecule has 0 N–H and O–H groups in total. The van der Waals surface area contributed by atoms with Crippen LogP contribution in [0.5, 0.6) is 11.6 Å². The van der Waals surface area contributed by atoms with Crippen LogP contribution >= 0.6 is 0 Å². The minimum atomic E-state index is -0.00295. The molecule has 0 spiro atoms. The van der Waals surface area contributed by atoms with E-state index in [0.717, 1.165) is 18.8 Å². The van der Waals surface area contributed by atoms with Gasteiger partial charge in [-0.1, -0.05) is 18.2 Å². The maximum Gasteiger partial charge on any atom is 0.260 e. The Kier molecular flexibility index (Phi) is 5.66. The maximum absolute atomic E-state index is 12.4. The van der Waals surface area contributed by atoms with Crippen molar-refractivity contribution in [2.75, 3.05) is 44.8 Å². The summed E-state index contributed by atoms with van der Waals surface area (Å²) in [5, 5.41) is 0. The summed E-state index contributed by atoms with van der Waals surface area (Å²) in [6.07, 6.45) is 4.12. The number of carbonyl (C=O) groups is 1. The van der Waals surface area contributed by atoms with Gasteiger partial charge in [0.05, 0.1) is 7.11 Å². The molecule has 0 bridgehead atoms. The minimum absolute atomic E-state index is 0.00295. The van der Waals surface area contributed by atoms with Crippen LogP contribution in [0.15, 0.2) is 42.7 Å². The lowest BCUT2D eigenvalue weighted by atomic mass is 10.3. The number of ether oxygens (including phenoxy) is 2. The Bertz CT molecular complexity index is 696. The number of amides is 1. The molecule has 1 aliphatic heterocycles. The van der Waals surface area contributed by atoms with Gasteiger partial charge in [0.2, 0.25) is 0 Å². The predicted octanol–water partition coefficient (Wildman–Crippen LogP) is 1.60. The second-order valence-electron chi connectivity index (χ2n) is 5.71. The SMILES string of the molecule is COc1nccnc1N1CCCN(C(=O)COc2ccccc2)CC1. The quantitative estimate of drug-likeness (QED) is 0.822. The van der Waals surface area contributed by atoms with E-state index in [-0.39, 0.29) is 12.5 Å². The monoisotopic (exact) mass is 342 g/mol. The van der Waals surface area contributed by atoms with Gasteiger partial charge in [0, 0.05) is 38.6 Å². The number of hydrogen-bond acceptors (Lipinski definition) is 6. The van der Waals surface area contributed by atoms with Crippen LogP contribution in [0.2, 0.25) is 0 Å². The van der Waals surface area contributed by atoms with Crippen LogP contribution in [0, 0.1) is 0 Å². The van der Waals surface area contributed by atoms with Gasteiger partial charge in [-0.05, 0) is 18.6 Å². The van der Waals surface area contributed by atoms with E-state index >= 15 is 0 Å². The summed E-state index contributed by atoms with van der Waals surface area (Å²) in [5.74, 6) is 1.93. The molecule has 0 radical (unpaired) electrons. The van der Waals surface area contributed by atoms with Crippen molar-refractivity contribution < 1.29 is 14.3 Å². The zero-order valence-electron chi connectivity index (χ0n) is 14.3. The summed E-state index contributed by atoms with van der Waals surface area (Å²) in [6.45, 7) is 2.87. The normalized spacial score (nSPS) is 14.8. The van der Waals surface area contributed by atoms with E-state index in [1.54, 1.807) is 19.5 Å². The Morgan fingerprint density at radius 3 is 2.68 bits per heavy atom. The summed E-state index contributed by atoms with van der Waals surface area (Å²) < 4.78 is 10.8. The molecule has 7 heteroatoms. The number of methoxy groups -OCH3 is 1. The number of anilines is 1. The average Bonchev–Trinajstić information content (AvgIpc) is 2.93. The Morgan fingerprint density at radius 1 is 1.08 bits per heavy atom. The Morgan fingerprint density at radius 2 is 1.88 bits per heavy atom. The van der Waals surface area contributed by atoms with Gasteiger partial charge in [0.1, 0.15) is 5.75 Å². The summed E-state index contributed by atoms with van der Waals surface area (Å²) in [7, 11) is 1.59. The van der Waals surface area contributed by atoms with Gasteiger partial charge in [0.25, 0.3) is 11.8 Å². The molecule has 25 heavy (non-hydrogen) atoms. The van der Waals surface area contributed by atoms with Crippen molar-refractivity contribution in [1.82, 2.24) is 14.9 Å². The fraction of sp³-hybridized carbons (Fsp3) is 0.389. The highest BCUT2D eigenvalue weighted by Gasteiger charge is 2.22. The second kappa shape index (κ2) is 8.32. The number of aromatic nitrogens is 2. The molecule has 2 heterocycles. The molecule has 0 aliphatic carbocycles. The third-order valence-corrected chi connectivity index (χ3v) is 4.09. The van der Waals surface area contributed by atoms with Crippen molar-refractivity contribution in [1.29, 1.82) is 0 Å². The van der Waals surface area contributed by atoms with Crippen LogP contribution in [0.25, 0.3) is 0 Å². The number of benzene rings is 1. The first-order chi connectivity index (χ1) is 12.3. The minimum Gasteiger partial charge on any atom is -0.484 e. The van der Waals surface area contributed by atoms with Gasteiger partial charge < -0.3 is 19.3 Å². The zero-order valence-corrected chi connectivity index (χ0v) is 14.3. The van der Waals surface area contributed by atoms with Crippen molar-refractivity contribution in [3.8, 4) is 11.6 Å². The Balaban J connectivity index is 1.57. The van der Waals surface area contributed by atoms with E-state index < -0.39 is 0 Å². The highest BCUT2D eigenvalue weighted by molar-refractivity contribution is 5.78. The second-order valence-corrected chi connectivity index (χ2v) is 5.71. The average molecular weight is 342 g/mol. The van der Waals surface area contributed by atoms with E-state index in [2.05, 4.69) is 14.9 Å². The van der Waals surface area contributed by atoms with Gasteiger partial charge in [-0.15, -0.1) is 0 Å². The van der Waals surface area contributed by atoms with Gasteiger partial charge in [-0.2, -0.15) is 0 Å². The molecule has 132 valence electrons. The molecular weight excluding hydrogens is 320 g/mol. The fourth-order valence-corrected chi connectivity index (χ4v) is 2.81. The van der Waals surface area contributed by atoms with E-state index in [9.17, 15) is 4.79 Å². The lowest BCUT2D eigenvalue weighted by Crippen LogP contribution is -2.38. The van der Waals surface area contributed by atoms with E-state index in [1.165, 1.54) is 0 Å². The van der Waals surface area contributed by atoms with Crippen molar-refractivity contribution in [2.24, 2.45) is 0 Å². The third kappa shape index (κ3) is 4.37. The van der Waals surface area contributed by atoms with Crippen LogP contribution < -0.4 is 14.4 Å². The molecule has 7 nitrogen and oxygen atoms in total. The van der Waals surface area contributed by atoms with Crippen LogP contribution in [-0.2, 0) is 4.79 Å². The number of para-hydroxylation sites is 1. The predicted molar refractivity (Wildman–Crippen MR) is 93.9 cm³/mol. The standard InChI is InChI=1S/C18H22N4O3/c1-24-18-17(19-8-9-20-18)22-11-5-10-21(12-13-22)16(23)14-25-15-6-3-2-4-7-15/h2-4,6-9H,5,10-14H2,1H3. The lowest BCUT2D eigenvalue weighted by Gasteiger charge is -2.23. The van der Waals surface area contributed by atoms with E-state index in [1.807, 2.05) is 35.2 Å². The molecule has 1 aromatic heterocycles. The third-order valence-electron chi connectivity index (χ3n) is 4.09. The molecule has 1 aromatic carbocycles. The van der Waals surface area contributed by atoms with Crippen molar-refractivity contribution in [3.63, 3.8) is 0 Å². The molecule has 0 atom stereocenters. The van der Waals surface area contributed by atoms with Crippen molar-refractivity contribution in [2.45, 2.75) is 6.42 Å². The van der Waals surface area contributed by atoms with E-state index in [4.69, 9.17) is 9.47 Å². The topological polar surface area (TPSA) is 67.8 Å². The summed E-state index contributed by atoms with van der Waals surface area (Å²) in [4.78, 5) is 24.9. The first kappa shape index (κ1) is 17.0. The highest BCUT2D eigenvalue weighted by Crippen LogP contribution is 2.23.